The van der Waals surface area contributed by atoms with E-state index < -0.39 is 15.6 Å². The van der Waals surface area contributed by atoms with Crippen molar-refractivity contribution >= 4 is 15.9 Å². The minimum absolute atomic E-state index is 0.103. The van der Waals surface area contributed by atoms with Crippen molar-refractivity contribution in [1.29, 1.82) is 0 Å². The Hall–Kier alpha value is -1.48. The van der Waals surface area contributed by atoms with Gasteiger partial charge in [-0.05, 0) is 51.6 Å². The third-order valence-electron chi connectivity index (χ3n) is 4.45. The lowest BCUT2D eigenvalue weighted by Crippen LogP contribution is -2.41. The van der Waals surface area contributed by atoms with Gasteiger partial charge in [-0.25, -0.2) is 8.42 Å². The van der Waals surface area contributed by atoms with Crippen LogP contribution in [0.4, 0.5) is 0 Å². The molecule has 1 aromatic rings. The van der Waals surface area contributed by atoms with Crippen molar-refractivity contribution in [3.8, 4) is 0 Å². The summed E-state index contributed by atoms with van der Waals surface area (Å²) in [5.74, 6) is -0.326. The second-order valence-electron chi connectivity index (χ2n) is 6.83. The minimum atomic E-state index is -3.70. The summed E-state index contributed by atoms with van der Waals surface area (Å²) >= 11 is 0. The molecule has 8 heteroatoms. The van der Waals surface area contributed by atoms with Gasteiger partial charge in [0.2, 0.25) is 10.0 Å². The van der Waals surface area contributed by atoms with Crippen molar-refractivity contribution in [2.45, 2.75) is 29.8 Å². The van der Waals surface area contributed by atoms with Gasteiger partial charge in [0, 0.05) is 32.2 Å². The summed E-state index contributed by atoms with van der Waals surface area (Å²) in [5.41, 5.74) is -0.569. The Morgan fingerprint density at radius 3 is 2.68 bits per heavy atom. The zero-order valence-corrected chi connectivity index (χ0v) is 15.8. The monoisotopic (exact) mass is 369 g/mol. The van der Waals surface area contributed by atoms with Gasteiger partial charge in [-0.3, -0.25) is 4.79 Å². The SMILES string of the molecule is CNC(=O)c1cccc(S(=O)(=O)N2CCCC(O)(CN(C)C)CC2)c1. The van der Waals surface area contributed by atoms with Crippen LogP contribution in [0.5, 0.6) is 0 Å². The molecule has 0 saturated carbocycles. The molecule has 0 radical (unpaired) electrons. The topological polar surface area (TPSA) is 90.0 Å². The van der Waals surface area contributed by atoms with Gasteiger partial charge in [-0.15, -0.1) is 0 Å². The highest BCUT2D eigenvalue weighted by Crippen LogP contribution is 2.27. The Balaban J connectivity index is 2.21. The van der Waals surface area contributed by atoms with Gasteiger partial charge in [-0.1, -0.05) is 6.07 Å². The summed E-state index contributed by atoms with van der Waals surface area (Å²) in [6.45, 7) is 1.13. The Kier molecular flexibility index (Phi) is 6.21. The van der Waals surface area contributed by atoms with Crippen LogP contribution in [0, 0.1) is 0 Å². The molecule has 2 N–H and O–H groups in total. The van der Waals surface area contributed by atoms with Crippen molar-refractivity contribution in [1.82, 2.24) is 14.5 Å². The van der Waals surface area contributed by atoms with E-state index in [4.69, 9.17) is 0 Å². The van der Waals surface area contributed by atoms with E-state index in [9.17, 15) is 18.3 Å². The van der Waals surface area contributed by atoms with Crippen molar-refractivity contribution in [3.05, 3.63) is 29.8 Å². The average Bonchev–Trinajstić information content (AvgIpc) is 2.75. The van der Waals surface area contributed by atoms with Crippen LogP contribution >= 0.6 is 0 Å². The molecule has 1 aromatic carbocycles. The van der Waals surface area contributed by atoms with Crippen LogP contribution in [0.15, 0.2) is 29.2 Å². The summed E-state index contributed by atoms with van der Waals surface area (Å²) < 4.78 is 27.3. The van der Waals surface area contributed by atoms with Gasteiger partial charge in [0.25, 0.3) is 5.91 Å². The van der Waals surface area contributed by atoms with E-state index in [-0.39, 0.29) is 17.3 Å². The molecule has 1 aliphatic heterocycles. The number of carbonyl (C=O) groups excluding carboxylic acids is 1. The Morgan fingerprint density at radius 1 is 1.32 bits per heavy atom. The van der Waals surface area contributed by atoms with E-state index in [2.05, 4.69) is 5.32 Å². The lowest BCUT2D eigenvalue weighted by atomic mass is 9.94. The van der Waals surface area contributed by atoms with Crippen LogP contribution < -0.4 is 5.32 Å². The maximum atomic E-state index is 12.9. The lowest BCUT2D eigenvalue weighted by Gasteiger charge is -2.29. The molecule has 0 aromatic heterocycles. The number of nitrogens with zero attached hydrogens (tertiary/aromatic N) is 2. The Bertz CT molecular complexity index is 720. The summed E-state index contributed by atoms with van der Waals surface area (Å²) in [6.07, 6.45) is 1.55. The molecule has 1 fully saturated rings. The van der Waals surface area contributed by atoms with E-state index in [1.807, 2.05) is 19.0 Å². The molecule has 0 aliphatic carbocycles. The third kappa shape index (κ3) is 4.78. The zero-order valence-electron chi connectivity index (χ0n) is 15.0. The van der Waals surface area contributed by atoms with Gasteiger partial charge in [0.15, 0.2) is 0 Å². The molecule has 1 unspecified atom stereocenters. The first-order valence-electron chi connectivity index (χ1n) is 8.37. The first-order chi connectivity index (χ1) is 11.7. The van der Waals surface area contributed by atoms with E-state index >= 15 is 0 Å². The standard InChI is InChI=1S/C17H27N3O4S/c1-18-16(21)14-6-4-7-15(12-14)25(23,24)20-10-5-8-17(22,9-11-20)13-19(2)3/h4,6-7,12,22H,5,8-11,13H2,1-3H3,(H,18,21). The molecule has 1 atom stereocenters. The van der Waals surface area contributed by atoms with Crippen LogP contribution in [0.1, 0.15) is 29.6 Å². The van der Waals surface area contributed by atoms with Gasteiger partial charge in [0.1, 0.15) is 0 Å². The molecule has 2 rings (SSSR count). The average molecular weight is 369 g/mol. The smallest absolute Gasteiger partial charge is 0.251 e. The maximum Gasteiger partial charge on any atom is 0.251 e. The summed E-state index contributed by atoms with van der Waals surface area (Å²) in [7, 11) is 1.59. The highest BCUT2D eigenvalue weighted by molar-refractivity contribution is 7.89. The molecule has 25 heavy (non-hydrogen) atoms. The fourth-order valence-corrected chi connectivity index (χ4v) is 4.76. The molecular formula is C17H27N3O4S. The maximum absolute atomic E-state index is 12.9. The van der Waals surface area contributed by atoms with Crippen molar-refractivity contribution in [2.24, 2.45) is 0 Å². The summed E-state index contributed by atoms with van der Waals surface area (Å²) in [6, 6.07) is 6.04. The second kappa shape index (κ2) is 7.82. The van der Waals surface area contributed by atoms with Crippen LogP contribution in [0.2, 0.25) is 0 Å². The van der Waals surface area contributed by atoms with Gasteiger partial charge < -0.3 is 15.3 Å². The van der Waals surface area contributed by atoms with Gasteiger partial charge >= 0.3 is 0 Å². The van der Waals surface area contributed by atoms with E-state index in [1.54, 1.807) is 12.1 Å². The molecule has 1 heterocycles. The number of aliphatic hydroxyl groups is 1. The molecule has 0 spiro atoms. The van der Waals surface area contributed by atoms with Crippen molar-refractivity contribution in [2.75, 3.05) is 40.8 Å². The Morgan fingerprint density at radius 2 is 2.04 bits per heavy atom. The van der Waals surface area contributed by atoms with Crippen LogP contribution in [0.3, 0.4) is 0 Å². The first-order valence-corrected chi connectivity index (χ1v) is 9.81. The predicted molar refractivity (Wildman–Crippen MR) is 95.9 cm³/mol. The number of likely N-dealkylation sites (N-methyl/N-ethyl adjacent to an activating group) is 1. The fraction of sp³-hybridized carbons (Fsp3) is 0.588. The number of hydrogen-bond donors (Lipinski definition) is 2. The number of rotatable bonds is 5. The quantitative estimate of drug-likeness (QED) is 0.789. The molecule has 0 bridgehead atoms. The number of amides is 1. The number of hydrogen-bond acceptors (Lipinski definition) is 5. The van der Waals surface area contributed by atoms with Crippen molar-refractivity contribution in [3.63, 3.8) is 0 Å². The second-order valence-corrected chi connectivity index (χ2v) is 8.76. The molecular weight excluding hydrogens is 342 g/mol. The van der Waals surface area contributed by atoms with Crippen LogP contribution in [-0.4, -0.2) is 75.0 Å². The highest BCUT2D eigenvalue weighted by atomic mass is 32.2. The van der Waals surface area contributed by atoms with E-state index in [0.717, 1.165) is 0 Å². The largest absolute Gasteiger partial charge is 0.389 e. The minimum Gasteiger partial charge on any atom is -0.389 e. The van der Waals surface area contributed by atoms with Gasteiger partial charge in [-0.2, -0.15) is 4.31 Å². The normalized spacial score (nSPS) is 22.6. The fourth-order valence-electron chi connectivity index (χ4n) is 3.23. The number of nitrogens with one attached hydrogen (secondary N) is 1. The number of carbonyl (C=O) groups is 1. The number of benzene rings is 1. The first kappa shape index (κ1) is 19.8. The molecule has 140 valence electrons. The molecule has 1 aliphatic rings. The molecule has 1 amide bonds. The predicted octanol–water partition coefficient (Wildman–Crippen LogP) is 0.514. The summed E-state index contributed by atoms with van der Waals surface area (Å²) in [5, 5.41) is 13.2. The summed E-state index contributed by atoms with van der Waals surface area (Å²) in [4.78, 5) is 13.8. The highest BCUT2D eigenvalue weighted by Gasteiger charge is 2.34. The van der Waals surface area contributed by atoms with E-state index in [1.165, 1.54) is 23.5 Å². The molecule has 7 nitrogen and oxygen atoms in total. The third-order valence-corrected chi connectivity index (χ3v) is 6.34. The van der Waals surface area contributed by atoms with Gasteiger partial charge in [0.05, 0.1) is 10.5 Å². The van der Waals surface area contributed by atoms with E-state index in [0.29, 0.717) is 37.9 Å². The van der Waals surface area contributed by atoms with Crippen LogP contribution in [0.25, 0.3) is 0 Å². The lowest BCUT2D eigenvalue weighted by molar-refractivity contribution is 0.00405. The zero-order chi connectivity index (χ0) is 18.7. The Labute approximate surface area is 149 Å². The van der Waals surface area contributed by atoms with Crippen LogP contribution in [-0.2, 0) is 10.0 Å². The van der Waals surface area contributed by atoms with Crippen molar-refractivity contribution < 1.29 is 18.3 Å². The molecule has 1 saturated heterocycles. The number of sulfonamides is 1.